The third-order valence-corrected chi connectivity index (χ3v) is 4.32. The molecule has 0 aliphatic carbocycles. The summed E-state index contributed by atoms with van der Waals surface area (Å²) in [5.41, 5.74) is 0.852. The normalized spacial score (nSPS) is 11.0. The molecule has 1 N–H and O–H groups in total. The van der Waals surface area contributed by atoms with E-state index in [4.69, 9.17) is 11.6 Å². The van der Waals surface area contributed by atoms with Crippen LogP contribution in [-0.2, 0) is 13.6 Å². The van der Waals surface area contributed by atoms with E-state index >= 15 is 0 Å². The average Bonchev–Trinajstić information content (AvgIpc) is 2.78. The number of rotatable bonds is 3. The number of nitrogens with zero attached hydrogens (tertiary/aromatic N) is 2. The van der Waals surface area contributed by atoms with E-state index in [2.05, 4.69) is 26.2 Å². The number of imidazole rings is 1. The molecule has 0 unspecified atom stereocenters. The van der Waals surface area contributed by atoms with Crippen LogP contribution in [0.2, 0.25) is 5.15 Å². The summed E-state index contributed by atoms with van der Waals surface area (Å²) >= 11 is 11.3. The van der Waals surface area contributed by atoms with Crippen molar-refractivity contribution in [2.75, 3.05) is 7.05 Å². The number of hydrogen-bond donors (Lipinski definition) is 1. The third-order valence-electron chi connectivity index (χ3n) is 2.26. The minimum atomic E-state index is 0.680. The molecule has 2 rings (SSSR count). The summed E-state index contributed by atoms with van der Waals surface area (Å²) in [6, 6.07) is 4.02. The SMILES string of the molecule is CNCc1nc(-c2ccc(Br)s2)c(Cl)n1C. The van der Waals surface area contributed by atoms with E-state index < -0.39 is 0 Å². The van der Waals surface area contributed by atoms with Crippen molar-refractivity contribution in [3.05, 3.63) is 26.9 Å². The standard InChI is InChI=1S/C10H11BrClN3S/c1-13-5-8-14-9(10(12)15(8)2)6-3-4-7(11)16-6/h3-4,13H,5H2,1-2H3. The van der Waals surface area contributed by atoms with Gasteiger partial charge in [-0.1, -0.05) is 11.6 Å². The first-order chi connectivity index (χ1) is 7.63. The van der Waals surface area contributed by atoms with Crippen LogP contribution in [0.5, 0.6) is 0 Å². The highest BCUT2D eigenvalue weighted by atomic mass is 79.9. The van der Waals surface area contributed by atoms with Gasteiger partial charge in [-0.25, -0.2) is 4.98 Å². The molecule has 0 saturated heterocycles. The summed E-state index contributed by atoms with van der Waals surface area (Å²) in [5, 5.41) is 3.75. The molecule has 0 aliphatic heterocycles. The lowest BCUT2D eigenvalue weighted by molar-refractivity contribution is 0.710. The van der Waals surface area contributed by atoms with E-state index in [0.717, 1.165) is 20.2 Å². The van der Waals surface area contributed by atoms with Gasteiger partial charge in [-0.2, -0.15) is 0 Å². The molecule has 0 saturated carbocycles. The van der Waals surface area contributed by atoms with Crippen molar-refractivity contribution in [1.29, 1.82) is 0 Å². The summed E-state index contributed by atoms with van der Waals surface area (Å²) in [5.74, 6) is 0.937. The van der Waals surface area contributed by atoms with E-state index in [1.54, 1.807) is 11.3 Å². The second kappa shape index (κ2) is 4.87. The van der Waals surface area contributed by atoms with E-state index in [1.807, 2.05) is 30.8 Å². The Kier molecular flexibility index (Phi) is 3.69. The Bertz CT molecular complexity index is 506. The molecule has 0 radical (unpaired) electrons. The maximum Gasteiger partial charge on any atom is 0.137 e. The molecule has 0 amide bonds. The van der Waals surface area contributed by atoms with Gasteiger partial charge in [-0.15, -0.1) is 11.3 Å². The summed E-state index contributed by atoms with van der Waals surface area (Å²) in [6.07, 6.45) is 0. The highest BCUT2D eigenvalue weighted by Crippen LogP contribution is 2.34. The molecule has 0 aromatic carbocycles. The quantitative estimate of drug-likeness (QED) is 0.940. The zero-order valence-electron chi connectivity index (χ0n) is 8.92. The topological polar surface area (TPSA) is 29.9 Å². The Morgan fingerprint density at radius 1 is 1.56 bits per heavy atom. The van der Waals surface area contributed by atoms with Gasteiger partial charge in [-0.3, -0.25) is 0 Å². The van der Waals surface area contributed by atoms with Crippen LogP contribution in [-0.4, -0.2) is 16.6 Å². The first-order valence-electron chi connectivity index (χ1n) is 4.75. The van der Waals surface area contributed by atoms with Gasteiger partial charge < -0.3 is 9.88 Å². The largest absolute Gasteiger partial charge is 0.321 e. The Balaban J connectivity index is 2.45. The van der Waals surface area contributed by atoms with Gasteiger partial charge in [0.05, 0.1) is 15.2 Å². The van der Waals surface area contributed by atoms with E-state index in [1.165, 1.54) is 0 Å². The lowest BCUT2D eigenvalue weighted by atomic mass is 10.4. The fourth-order valence-electron chi connectivity index (χ4n) is 1.44. The van der Waals surface area contributed by atoms with Crippen LogP contribution in [0.3, 0.4) is 0 Å². The smallest absolute Gasteiger partial charge is 0.137 e. The minimum Gasteiger partial charge on any atom is -0.321 e. The van der Waals surface area contributed by atoms with Crippen molar-refractivity contribution >= 4 is 38.9 Å². The van der Waals surface area contributed by atoms with Gasteiger partial charge in [0, 0.05) is 7.05 Å². The van der Waals surface area contributed by atoms with Gasteiger partial charge in [0.2, 0.25) is 0 Å². The van der Waals surface area contributed by atoms with Gasteiger partial charge in [-0.05, 0) is 35.1 Å². The van der Waals surface area contributed by atoms with E-state index in [9.17, 15) is 0 Å². The minimum absolute atomic E-state index is 0.680. The third kappa shape index (κ3) is 2.18. The summed E-state index contributed by atoms with van der Waals surface area (Å²) in [7, 11) is 3.82. The second-order valence-corrected chi connectivity index (χ2v) is 6.18. The molecule has 2 aromatic rings. The maximum absolute atomic E-state index is 6.26. The molecule has 0 bridgehead atoms. The zero-order chi connectivity index (χ0) is 11.7. The Morgan fingerprint density at radius 2 is 2.31 bits per heavy atom. The molecule has 0 fully saturated rings. The van der Waals surface area contributed by atoms with Crippen molar-refractivity contribution in [3.63, 3.8) is 0 Å². The molecule has 0 spiro atoms. The maximum atomic E-state index is 6.26. The molecule has 16 heavy (non-hydrogen) atoms. The fourth-order valence-corrected chi connectivity index (χ4v) is 3.11. The highest BCUT2D eigenvalue weighted by molar-refractivity contribution is 9.11. The van der Waals surface area contributed by atoms with Crippen LogP contribution in [0.4, 0.5) is 0 Å². The monoisotopic (exact) mass is 319 g/mol. The molecule has 0 aliphatic rings. The van der Waals surface area contributed by atoms with E-state index in [0.29, 0.717) is 11.7 Å². The van der Waals surface area contributed by atoms with E-state index in [-0.39, 0.29) is 0 Å². The number of aromatic nitrogens is 2. The number of halogens is 2. The Morgan fingerprint density at radius 3 is 2.88 bits per heavy atom. The van der Waals surface area contributed by atoms with Crippen molar-refractivity contribution in [3.8, 4) is 10.6 Å². The van der Waals surface area contributed by atoms with Crippen molar-refractivity contribution in [2.24, 2.45) is 7.05 Å². The number of hydrogen-bond acceptors (Lipinski definition) is 3. The highest BCUT2D eigenvalue weighted by Gasteiger charge is 2.15. The van der Waals surface area contributed by atoms with Crippen LogP contribution < -0.4 is 5.32 Å². The molecule has 3 nitrogen and oxygen atoms in total. The Hall–Kier alpha value is -0.360. The number of nitrogens with one attached hydrogen (secondary N) is 1. The first kappa shape index (κ1) is 12.1. The van der Waals surface area contributed by atoms with Crippen LogP contribution in [0, 0.1) is 0 Å². The molecular weight excluding hydrogens is 310 g/mol. The molecule has 2 heterocycles. The van der Waals surface area contributed by atoms with Crippen molar-refractivity contribution < 1.29 is 0 Å². The summed E-state index contributed by atoms with van der Waals surface area (Å²) < 4.78 is 2.99. The molecule has 6 heteroatoms. The zero-order valence-corrected chi connectivity index (χ0v) is 12.1. The van der Waals surface area contributed by atoms with Crippen LogP contribution in [0.1, 0.15) is 5.82 Å². The lowest BCUT2D eigenvalue weighted by Gasteiger charge is -1.99. The van der Waals surface area contributed by atoms with Crippen molar-refractivity contribution in [1.82, 2.24) is 14.9 Å². The van der Waals surface area contributed by atoms with Gasteiger partial charge in [0.1, 0.15) is 16.7 Å². The van der Waals surface area contributed by atoms with Crippen LogP contribution >= 0.6 is 38.9 Å². The summed E-state index contributed by atoms with van der Waals surface area (Å²) in [4.78, 5) is 5.62. The van der Waals surface area contributed by atoms with Gasteiger partial charge >= 0.3 is 0 Å². The average molecular weight is 321 g/mol. The molecule has 0 atom stereocenters. The number of thiophene rings is 1. The van der Waals surface area contributed by atoms with Gasteiger partial charge in [0.25, 0.3) is 0 Å². The first-order valence-corrected chi connectivity index (χ1v) is 6.73. The van der Waals surface area contributed by atoms with Crippen molar-refractivity contribution in [2.45, 2.75) is 6.54 Å². The lowest BCUT2D eigenvalue weighted by Crippen LogP contribution is -2.10. The Labute approximate surface area is 112 Å². The predicted octanol–water partition coefficient (Wildman–Crippen LogP) is 3.28. The van der Waals surface area contributed by atoms with Crippen LogP contribution in [0.15, 0.2) is 15.9 Å². The molecular formula is C10H11BrClN3S. The second-order valence-electron chi connectivity index (χ2n) is 3.36. The fraction of sp³-hybridized carbons (Fsp3) is 0.300. The predicted molar refractivity (Wildman–Crippen MR) is 72.0 cm³/mol. The van der Waals surface area contributed by atoms with Crippen LogP contribution in [0.25, 0.3) is 10.6 Å². The molecule has 86 valence electrons. The molecule has 2 aromatic heterocycles. The van der Waals surface area contributed by atoms with Gasteiger partial charge in [0.15, 0.2) is 0 Å². The summed E-state index contributed by atoms with van der Waals surface area (Å²) in [6.45, 7) is 0.711.